The lowest BCUT2D eigenvalue weighted by Crippen LogP contribution is -2.27. The van der Waals surface area contributed by atoms with Crippen LogP contribution in [0, 0.1) is 12.7 Å². The van der Waals surface area contributed by atoms with E-state index >= 15 is 0 Å². The molecule has 0 fully saturated rings. The van der Waals surface area contributed by atoms with Gasteiger partial charge >= 0.3 is 5.97 Å². The van der Waals surface area contributed by atoms with Gasteiger partial charge in [0, 0.05) is 22.2 Å². The molecule has 1 aromatic heterocycles. The normalized spacial score (nSPS) is 12.0. The molecule has 0 unspecified atom stereocenters. The first-order valence-electron chi connectivity index (χ1n) is 8.15. The van der Waals surface area contributed by atoms with Gasteiger partial charge in [-0.3, -0.25) is 4.79 Å². The second-order valence-corrected chi connectivity index (χ2v) is 5.89. The number of nitrogens with one attached hydrogen (secondary N) is 1. The number of hydrogen-bond donors (Lipinski definition) is 1. The Kier molecular flexibility index (Phi) is 5.02. The van der Waals surface area contributed by atoms with E-state index in [1.165, 1.54) is 25.1 Å². The number of halogens is 1. The number of Topliss-reactive ketones (excluding diaryl/α,β-unsaturated/α-hetero) is 1. The van der Waals surface area contributed by atoms with Gasteiger partial charge in [0.2, 0.25) is 5.78 Å². The van der Waals surface area contributed by atoms with Crippen molar-refractivity contribution in [2.45, 2.75) is 20.0 Å². The summed E-state index contributed by atoms with van der Waals surface area (Å²) in [7, 11) is 0. The number of esters is 1. The standard InChI is InChI=1S/C20H18FNO4/c1-12-19(14-7-3-5-9-16(14)22-12)20(24)13(2)26-18(23)11-25-17-10-6-4-8-15(17)21/h3-10,13,22H,11H2,1-2H3/t13-/m0/s1. The van der Waals surface area contributed by atoms with Crippen molar-refractivity contribution in [2.24, 2.45) is 0 Å². The third kappa shape index (κ3) is 3.59. The fourth-order valence-electron chi connectivity index (χ4n) is 2.78. The average molecular weight is 355 g/mol. The van der Waals surface area contributed by atoms with Crippen LogP contribution in [0.3, 0.4) is 0 Å². The molecule has 0 saturated carbocycles. The van der Waals surface area contributed by atoms with Crippen LogP contribution in [0.15, 0.2) is 48.5 Å². The van der Waals surface area contributed by atoms with E-state index in [1.807, 2.05) is 24.3 Å². The molecule has 3 rings (SSSR count). The zero-order valence-electron chi connectivity index (χ0n) is 14.4. The van der Waals surface area contributed by atoms with E-state index in [-0.39, 0.29) is 11.5 Å². The smallest absolute Gasteiger partial charge is 0.344 e. The maximum atomic E-state index is 13.5. The number of carbonyl (C=O) groups is 2. The number of ketones is 1. The number of rotatable bonds is 6. The van der Waals surface area contributed by atoms with Crippen LogP contribution in [-0.4, -0.2) is 29.4 Å². The molecule has 3 aromatic rings. The number of para-hydroxylation sites is 2. The number of carbonyl (C=O) groups excluding carboxylic acids is 2. The Balaban J connectivity index is 1.66. The van der Waals surface area contributed by atoms with Gasteiger partial charge in [-0.05, 0) is 32.0 Å². The first kappa shape index (κ1) is 17.7. The van der Waals surface area contributed by atoms with Gasteiger partial charge in [-0.1, -0.05) is 30.3 Å². The Morgan fingerprint density at radius 1 is 1.12 bits per heavy atom. The van der Waals surface area contributed by atoms with Crippen LogP contribution < -0.4 is 4.74 Å². The number of hydrogen-bond acceptors (Lipinski definition) is 4. The topological polar surface area (TPSA) is 68.4 Å². The lowest BCUT2D eigenvalue weighted by Gasteiger charge is -2.13. The van der Waals surface area contributed by atoms with E-state index in [2.05, 4.69) is 4.98 Å². The van der Waals surface area contributed by atoms with Crippen molar-refractivity contribution in [3.8, 4) is 5.75 Å². The highest BCUT2D eigenvalue weighted by molar-refractivity contribution is 6.11. The fourth-order valence-corrected chi connectivity index (χ4v) is 2.78. The SMILES string of the molecule is Cc1[nH]c2ccccc2c1C(=O)[C@H](C)OC(=O)COc1ccccc1F. The summed E-state index contributed by atoms with van der Waals surface area (Å²) in [5.74, 6) is -1.67. The third-order valence-electron chi connectivity index (χ3n) is 4.00. The number of aryl methyl sites for hydroxylation is 1. The minimum Gasteiger partial charge on any atom is -0.479 e. The van der Waals surface area contributed by atoms with Crippen molar-refractivity contribution >= 4 is 22.7 Å². The molecule has 0 aliphatic rings. The van der Waals surface area contributed by atoms with Gasteiger partial charge < -0.3 is 14.5 Å². The van der Waals surface area contributed by atoms with Crippen molar-refractivity contribution in [2.75, 3.05) is 6.61 Å². The largest absolute Gasteiger partial charge is 0.479 e. The average Bonchev–Trinajstić information content (AvgIpc) is 2.96. The molecule has 2 aromatic carbocycles. The van der Waals surface area contributed by atoms with Crippen molar-refractivity contribution in [3.05, 3.63) is 65.6 Å². The Morgan fingerprint density at radius 2 is 1.81 bits per heavy atom. The number of H-pyrrole nitrogens is 1. The fraction of sp³-hybridized carbons (Fsp3) is 0.200. The van der Waals surface area contributed by atoms with E-state index < -0.39 is 24.5 Å². The summed E-state index contributed by atoms with van der Waals surface area (Å²) < 4.78 is 23.7. The van der Waals surface area contributed by atoms with E-state index in [4.69, 9.17) is 9.47 Å². The van der Waals surface area contributed by atoms with Gasteiger partial charge in [-0.25, -0.2) is 9.18 Å². The zero-order valence-corrected chi connectivity index (χ0v) is 14.4. The first-order chi connectivity index (χ1) is 12.5. The number of fused-ring (bicyclic) bond motifs is 1. The number of aromatic amines is 1. The Labute approximate surface area is 149 Å². The van der Waals surface area contributed by atoms with Gasteiger partial charge in [0.05, 0.1) is 0 Å². The van der Waals surface area contributed by atoms with E-state index in [1.54, 1.807) is 13.0 Å². The predicted molar refractivity (Wildman–Crippen MR) is 94.8 cm³/mol. The molecular weight excluding hydrogens is 337 g/mol. The number of aromatic nitrogens is 1. The van der Waals surface area contributed by atoms with E-state index in [0.29, 0.717) is 11.3 Å². The predicted octanol–water partition coefficient (Wildman–Crippen LogP) is 3.81. The molecule has 6 heteroatoms. The van der Waals surface area contributed by atoms with Crippen molar-refractivity contribution < 1.29 is 23.5 Å². The van der Waals surface area contributed by atoms with Crippen LogP contribution in [0.25, 0.3) is 10.9 Å². The molecule has 1 N–H and O–H groups in total. The Hall–Kier alpha value is -3.15. The Morgan fingerprint density at radius 3 is 2.58 bits per heavy atom. The molecule has 0 radical (unpaired) electrons. The second-order valence-electron chi connectivity index (χ2n) is 5.89. The summed E-state index contributed by atoms with van der Waals surface area (Å²) in [4.78, 5) is 27.8. The number of ether oxygens (including phenoxy) is 2. The van der Waals surface area contributed by atoms with Gasteiger partial charge in [0.15, 0.2) is 24.3 Å². The molecule has 0 aliphatic heterocycles. The van der Waals surface area contributed by atoms with Crippen molar-refractivity contribution in [1.82, 2.24) is 4.98 Å². The molecular formula is C20H18FNO4. The summed E-state index contributed by atoms with van der Waals surface area (Å²) in [5.41, 5.74) is 2.05. The van der Waals surface area contributed by atoms with Crippen LogP contribution in [-0.2, 0) is 9.53 Å². The highest BCUT2D eigenvalue weighted by atomic mass is 19.1. The van der Waals surface area contributed by atoms with Gasteiger partial charge in [-0.2, -0.15) is 0 Å². The Bertz CT molecular complexity index is 963. The molecule has 134 valence electrons. The van der Waals surface area contributed by atoms with Gasteiger partial charge in [0.25, 0.3) is 0 Å². The van der Waals surface area contributed by atoms with Crippen LogP contribution >= 0.6 is 0 Å². The monoisotopic (exact) mass is 355 g/mol. The highest BCUT2D eigenvalue weighted by Crippen LogP contribution is 2.24. The van der Waals surface area contributed by atoms with Crippen LogP contribution in [0.1, 0.15) is 23.0 Å². The van der Waals surface area contributed by atoms with E-state index in [9.17, 15) is 14.0 Å². The van der Waals surface area contributed by atoms with Gasteiger partial charge in [0.1, 0.15) is 0 Å². The minimum atomic E-state index is -0.982. The summed E-state index contributed by atoms with van der Waals surface area (Å²) in [6.07, 6.45) is -0.982. The van der Waals surface area contributed by atoms with Crippen LogP contribution in [0.2, 0.25) is 0 Å². The van der Waals surface area contributed by atoms with Crippen molar-refractivity contribution in [1.29, 1.82) is 0 Å². The summed E-state index contributed by atoms with van der Waals surface area (Å²) in [6.45, 7) is 2.82. The molecule has 0 bridgehead atoms. The lowest BCUT2D eigenvalue weighted by atomic mass is 10.0. The molecule has 0 saturated heterocycles. The summed E-state index contributed by atoms with van der Waals surface area (Å²) >= 11 is 0. The summed E-state index contributed by atoms with van der Waals surface area (Å²) in [6, 6.07) is 13.2. The maximum Gasteiger partial charge on any atom is 0.344 e. The quantitative estimate of drug-likeness (QED) is 0.539. The zero-order chi connectivity index (χ0) is 18.7. The third-order valence-corrected chi connectivity index (χ3v) is 4.00. The maximum absolute atomic E-state index is 13.5. The summed E-state index contributed by atoms with van der Waals surface area (Å²) in [5, 5.41) is 0.778. The first-order valence-corrected chi connectivity index (χ1v) is 8.15. The second kappa shape index (κ2) is 7.39. The van der Waals surface area contributed by atoms with Crippen LogP contribution in [0.4, 0.5) is 4.39 Å². The highest BCUT2D eigenvalue weighted by Gasteiger charge is 2.24. The molecule has 5 nitrogen and oxygen atoms in total. The molecule has 0 spiro atoms. The lowest BCUT2D eigenvalue weighted by molar-refractivity contribution is -0.148. The molecule has 1 atom stereocenters. The van der Waals surface area contributed by atoms with E-state index in [0.717, 1.165) is 10.9 Å². The molecule has 0 amide bonds. The van der Waals surface area contributed by atoms with Gasteiger partial charge in [-0.15, -0.1) is 0 Å². The molecule has 0 aliphatic carbocycles. The van der Waals surface area contributed by atoms with Crippen molar-refractivity contribution in [3.63, 3.8) is 0 Å². The minimum absolute atomic E-state index is 0.0455. The van der Waals surface area contributed by atoms with Crippen LogP contribution in [0.5, 0.6) is 5.75 Å². The molecule has 1 heterocycles. The number of benzene rings is 2. The molecule has 26 heavy (non-hydrogen) atoms.